The molecule has 0 atom stereocenters. The van der Waals surface area contributed by atoms with Gasteiger partial charge >= 0.3 is 0 Å². The van der Waals surface area contributed by atoms with Crippen LogP contribution in [0.1, 0.15) is 19.8 Å². The van der Waals surface area contributed by atoms with Crippen LogP contribution in [-0.2, 0) is 0 Å². The molecule has 0 aromatic rings. The first kappa shape index (κ1) is 11.6. The van der Waals surface area contributed by atoms with Crippen molar-refractivity contribution in [2.75, 3.05) is 0 Å². The van der Waals surface area contributed by atoms with Crippen LogP contribution in [0.25, 0.3) is 0 Å². The Morgan fingerprint density at radius 1 is 1.41 bits per heavy atom. The Bertz CT molecular complexity index is 469. The number of rotatable bonds is 3. The Labute approximate surface area is 103 Å². The third-order valence-corrected chi connectivity index (χ3v) is 2.86. The average Bonchev–Trinajstić information content (AvgIpc) is 3.13. The number of nitrogens with zero attached hydrogens (tertiary/aromatic N) is 1. The summed E-state index contributed by atoms with van der Waals surface area (Å²) in [5.41, 5.74) is 9.86. The second kappa shape index (κ2) is 5.00. The van der Waals surface area contributed by atoms with E-state index in [4.69, 9.17) is 5.73 Å². The van der Waals surface area contributed by atoms with Crippen LogP contribution in [0.5, 0.6) is 0 Å². The summed E-state index contributed by atoms with van der Waals surface area (Å²) in [5, 5.41) is 0. The summed E-state index contributed by atoms with van der Waals surface area (Å²) >= 11 is 0. The third-order valence-electron chi connectivity index (χ3n) is 2.86. The topological polar surface area (TPSA) is 38.4 Å². The van der Waals surface area contributed by atoms with Gasteiger partial charge < -0.3 is 5.73 Å². The molecule has 0 bridgehead atoms. The fourth-order valence-electron chi connectivity index (χ4n) is 1.81. The molecule has 2 aliphatic rings. The number of hydrogen-bond acceptors (Lipinski definition) is 2. The van der Waals surface area contributed by atoms with Crippen LogP contribution in [0.15, 0.2) is 65.0 Å². The predicted octanol–water partition coefficient (Wildman–Crippen LogP) is 3.27. The van der Waals surface area contributed by atoms with Gasteiger partial charge in [0.25, 0.3) is 0 Å². The molecule has 0 saturated heterocycles. The summed E-state index contributed by atoms with van der Waals surface area (Å²) in [6.07, 6.45) is 14.2. The van der Waals surface area contributed by atoms with E-state index in [2.05, 4.69) is 11.6 Å². The first-order valence-corrected chi connectivity index (χ1v) is 5.97. The van der Waals surface area contributed by atoms with Crippen molar-refractivity contribution in [2.24, 2.45) is 16.6 Å². The lowest BCUT2D eigenvalue weighted by Crippen LogP contribution is -2.11. The molecule has 88 valence electrons. The summed E-state index contributed by atoms with van der Waals surface area (Å²) < 4.78 is 0. The maximum atomic E-state index is 6.16. The van der Waals surface area contributed by atoms with Crippen molar-refractivity contribution in [3.05, 3.63) is 60.0 Å². The lowest BCUT2D eigenvalue weighted by molar-refractivity contribution is 0.971. The standard InChI is InChI=1S/C15H18N2/c1-3-6-11(2)17-14-8-5-4-7-13(14)15(16)12-9-10-12/h3-8,12H,2,9-10,16H2,1H3/b6-3+,15-13-,17-14-. The molecule has 0 aromatic carbocycles. The van der Waals surface area contributed by atoms with E-state index in [1.807, 2.05) is 43.4 Å². The van der Waals surface area contributed by atoms with Crippen molar-refractivity contribution in [3.63, 3.8) is 0 Å². The Kier molecular flexibility index (Phi) is 3.43. The van der Waals surface area contributed by atoms with Crippen molar-refractivity contribution in [1.29, 1.82) is 0 Å². The van der Waals surface area contributed by atoms with E-state index in [1.165, 1.54) is 12.8 Å². The lowest BCUT2D eigenvalue weighted by atomic mass is 10.0. The molecule has 1 fully saturated rings. The molecule has 2 heteroatoms. The van der Waals surface area contributed by atoms with Crippen LogP contribution >= 0.6 is 0 Å². The summed E-state index contributed by atoms with van der Waals surface area (Å²) in [5.74, 6) is 0.557. The van der Waals surface area contributed by atoms with Gasteiger partial charge in [-0.3, -0.25) is 0 Å². The third kappa shape index (κ3) is 2.84. The Balaban J connectivity index is 2.31. The van der Waals surface area contributed by atoms with Gasteiger partial charge in [0.1, 0.15) is 0 Å². The molecule has 0 radical (unpaired) electrons. The van der Waals surface area contributed by atoms with Gasteiger partial charge in [0, 0.05) is 11.3 Å². The summed E-state index contributed by atoms with van der Waals surface area (Å²) in [7, 11) is 0. The second-order valence-electron chi connectivity index (χ2n) is 4.35. The SMILES string of the molecule is C=C(/C=C/C)/N=C1/C=CC=C/C1=C(/N)C1CC1. The molecule has 17 heavy (non-hydrogen) atoms. The van der Waals surface area contributed by atoms with Crippen molar-refractivity contribution >= 4 is 5.71 Å². The molecule has 0 unspecified atom stereocenters. The average molecular weight is 226 g/mol. The molecule has 0 aliphatic heterocycles. The fourth-order valence-corrected chi connectivity index (χ4v) is 1.81. The van der Waals surface area contributed by atoms with E-state index in [9.17, 15) is 0 Å². The highest BCUT2D eigenvalue weighted by Gasteiger charge is 2.27. The monoisotopic (exact) mass is 226 g/mol. The predicted molar refractivity (Wildman–Crippen MR) is 73.6 cm³/mol. The fraction of sp³-hybridized carbons (Fsp3) is 0.267. The van der Waals surface area contributed by atoms with E-state index in [1.54, 1.807) is 0 Å². The molecular formula is C15H18N2. The molecule has 0 heterocycles. The maximum Gasteiger partial charge on any atom is 0.0726 e. The number of hydrogen-bond donors (Lipinski definition) is 1. The van der Waals surface area contributed by atoms with Crippen LogP contribution in [0.3, 0.4) is 0 Å². The number of allylic oxidation sites excluding steroid dienone is 8. The van der Waals surface area contributed by atoms with Crippen molar-refractivity contribution in [2.45, 2.75) is 19.8 Å². The highest BCUT2D eigenvalue weighted by atomic mass is 14.8. The van der Waals surface area contributed by atoms with E-state index in [0.29, 0.717) is 5.92 Å². The van der Waals surface area contributed by atoms with Gasteiger partial charge in [-0.1, -0.05) is 30.9 Å². The molecular weight excluding hydrogens is 208 g/mol. The lowest BCUT2D eigenvalue weighted by Gasteiger charge is -2.11. The highest BCUT2D eigenvalue weighted by Crippen LogP contribution is 2.36. The van der Waals surface area contributed by atoms with E-state index < -0.39 is 0 Å². The zero-order valence-corrected chi connectivity index (χ0v) is 10.2. The quantitative estimate of drug-likeness (QED) is 0.737. The molecule has 2 N–H and O–H groups in total. The Morgan fingerprint density at radius 2 is 2.12 bits per heavy atom. The summed E-state index contributed by atoms with van der Waals surface area (Å²) in [4.78, 5) is 4.50. The van der Waals surface area contributed by atoms with Gasteiger partial charge in [-0.2, -0.15) is 0 Å². The van der Waals surface area contributed by atoms with E-state index in [0.717, 1.165) is 22.7 Å². The van der Waals surface area contributed by atoms with Crippen LogP contribution in [-0.4, -0.2) is 5.71 Å². The van der Waals surface area contributed by atoms with Gasteiger partial charge in [-0.15, -0.1) is 0 Å². The molecule has 0 amide bonds. The van der Waals surface area contributed by atoms with Gasteiger partial charge in [0.05, 0.1) is 11.4 Å². The van der Waals surface area contributed by atoms with Crippen molar-refractivity contribution in [1.82, 2.24) is 0 Å². The van der Waals surface area contributed by atoms with Crippen LogP contribution < -0.4 is 5.73 Å². The Hall–Kier alpha value is -1.83. The molecule has 2 aliphatic carbocycles. The first-order chi connectivity index (χ1) is 8.22. The molecule has 2 rings (SSSR count). The number of aliphatic imine (C=N–C) groups is 1. The number of nitrogens with two attached hydrogens (primary N) is 1. The van der Waals surface area contributed by atoms with E-state index in [-0.39, 0.29) is 0 Å². The van der Waals surface area contributed by atoms with Crippen LogP contribution in [0, 0.1) is 5.92 Å². The molecule has 1 saturated carbocycles. The van der Waals surface area contributed by atoms with Gasteiger partial charge in [-0.25, -0.2) is 4.99 Å². The second-order valence-corrected chi connectivity index (χ2v) is 4.35. The van der Waals surface area contributed by atoms with Crippen molar-refractivity contribution in [3.8, 4) is 0 Å². The first-order valence-electron chi connectivity index (χ1n) is 5.97. The van der Waals surface area contributed by atoms with Crippen LogP contribution in [0.2, 0.25) is 0 Å². The zero-order chi connectivity index (χ0) is 12.3. The normalized spacial score (nSPS) is 24.6. The smallest absolute Gasteiger partial charge is 0.0726 e. The molecule has 0 spiro atoms. The largest absolute Gasteiger partial charge is 0.401 e. The van der Waals surface area contributed by atoms with E-state index >= 15 is 0 Å². The minimum atomic E-state index is 0.557. The van der Waals surface area contributed by atoms with Gasteiger partial charge in [0.15, 0.2) is 0 Å². The van der Waals surface area contributed by atoms with Crippen LogP contribution in [0.4, 0.5) is 0 Å². The summed E-state index contributed by atoms with van der Waals surface area (Å²) in [6, 6.07) is 0. The minimum Gasteiger partial charge on any atom is -0.401 e. The zero-order valence-electron chi connectivity index (χ0n) is 10.2. The van der Waals surface area contributed by atoms with Gasteiger partial charge in [0.2, 0.25) is 0 Å². The van der Waals surface area contributed by atoms with Gasteiger partial charge in [-0.05, 0) is 37.8 Å². The molecule has 0 aromatic heterocycles. The minimum absolute atomic E-state index is 0.557. The van der Waals surface area contributed by atoms with Crippen molar-refractivity contribution < 1.29 is 0 Å². The summed E-state index contributed by atoms with van der Waals surface area (Å²) in [6.45, 7) is 5.85. The molecule has 2 nitrogen and oxygen atoms in total. The maximum absolute atomic E-state index is 6.16. The Morgan fingerprint density at radius 3 is 2.76 bits per heavy atom. The highest BCUT2D eigenvalue weighted by molar-refractivity contribution is 6.12.